The van der Waals surface area contributed by atoms with Gasteiger partial charge < -0.3 is 5.73 Å². The summed E-state index contributed by atoms with van der Waals surface area (Å²) in [4.78, 5) is 19.9. The lowest BCUT2D eigenvalue weighted by Crippen LogP contribution is -2.11. The fraction of sp³-hybridized carbons (Fsp3) is 0.0833. The molecule has 2 rings (SSSR count). The van der Waals surface area contributed by atoms with E-state index in [2.05, 4.69) is 0 Å². The number of amides is 1. The van der Waals surface area contributed by atoms with Gasteiger partial charge >= 0.3 is 16.3 Å². The molecule has 0 fully saturated rings. The smallest absolute Gasteiger partial charge is 0.366 e. The van der Waals surface area contributed by atoms with Gasteiger partial charge in [0.05, 0.1) is 10.5 Å². The zero-order valence-corrected chi connectivity index (χ0v) is 14.6. The van der Waals surface area contributed by atoms with Gasteiger partial charge in [-0.25, -0.2) is 0 Å². The first-order valence-corrected chi connectivity index (χ1v) is 8.75. The minimum absolute atomic E-state index is 0.0630. The third kappa shape index (κ3) is 5.94. The van der Waals surface area contributed by atoms with E-state index in [-0.39, 0.29) is 9.90 Å². The van der Waals surface area contributed by atoms with E-state index >= 15 is 0 Å². The Labute approximate surface area is 152 Å². The number of halogens is 4. The number of alkyl halides is 3. The summed E-state index contributed by atoms with van der Waals surface area (Å²) in [6, 6.07) is 4.44. The van der Waals surface area contributed by atoms with Crippen LogP contribution in [0, 0.1) is 10.1 Å². The average molecular weight is 433 g/mol. The maximum absolute atomic E-state index is 12.0. The molecule has 0 saturated carbocycles. The summed E-state index contributed by atoms with van der Waals surface area (Å²) in [5.41, 5.74) is 3.59. The van der Waals surface area contributed by atoms with Gasteiger partial charge in [0, 0.05) is 11.6 Å². The Hall–Kier alpha value is -2.22. The molecule has 0 aliphatic heterocycles. The van der Waals surface area contributed by atoms with E-state index in [1.165, 1.54) is 0 Å². The second-order valence-electron chi connectivity index (χ2n) is 4.40. The molecule has 0 atom stereocenters. The van der Waals surface area contributed by atoms with E-state index in [4.69, 9.17) is 21.9 Å². The van der Waals surface area contributed by atoms with E-state index in [1.54, 1.807) is 0 Å². The van der Waals surface area contributed by atoms with E-state index < -0.39 is 42.6 Å². The van der Waals surface area contributed by atoms with Gasteiger partial charge in [0.15, 0.2) is 8.55 Å². The van der Waals surface area contributed by atoms with Gasteiger partial charge in [0.1, 0.15) is 0 Å². The SMILES string of the molecule is NC(=O)c1ccc(C(F)(F)F)cc1.O=[N+]([O-])c1cc(S(=O)(=O)O)sc1Cl. The van der Waals surface area contributed by atoms with E-state index in [0.717, 1.165) is 24.3 Å². The molecular weight excluding hydrogens is 425 g/mol. The van der Waals surface area contributed by atoms with Crippen molar-refractivity contribution in [1.29, 1.82) is 0 Å². The van der Waals surface area contributed by atoms with Crippen molar-refractivity contribution in [2.75, 3.05) is 0 Å². The van der Waals surface area contributed by atoms with Gasteiger partial charge in [0.2, 0.25) is 5.91 Å². The zero-order chi connectivity index (χ0) is 20.3. The molecule has 8 nitrogen and oxygen atoms in total. The first-order chi connectivity index (χ1) is 11.7. The van der Waals surface area contributed by atoms with E-state index in [0.29, 0.717) is 17.4 Å². The predicted octanol–water partition coefficient (Wildman–Crippen LogP) is 3.36. The molecule has 0 aliphatic carbocycles. The number of nitrogens with zero attached hydrogens (tertiary/aromatic N) is 1. The van der Waals surface area contributed by atoms with Crippen molar-refractivity contribution < 1.29 is 35.9 Å². The fourth-order valence-electron chi connectivity index (χ4n) is 1.41. The molecule has 1 heterocycles. The number of primary amides is 1. The molecule has 3 N–H and O–H groups in total. The van der Waals surface area contributed by atoms with Crippen molar-refractivity contribution in [2.45, 2.75) is 10.4 Å². The quantitative estimate of drug-likeness (QED) is 0.432. The number of carbonyl (C=O) groups is 1. The topological polar surface area (TPSA) is 141 Å². The molecule has 1 amide bonds. The van der Waals surface area contributed by atoms with Gasteiger partial charge in [-0.05, 0) is 24.3 Å². The normalized spacial score (nSPS) is 11.4. The van der Waals surface area contributed by atoms with Crippen LogP contribution in [0.15, 0.2) is 34.5 Å². The Bertz CT molecular complexity index is 925. The van der Waals surface area contributed by atoms with Crippen LogP contribution in [-0.2, 0) is 16.3 Å². The Morgan fingerprint density at radius 2 is 1.77 bits per heavy atom. The van der Waals surface area contributed by atoms with Crippen LogP contribution in [0.5, 0.6) is 0 Å². The van der Waals surface area contributed by atoms with E-state index in [1.807, 2.05) is 0 Å². The maximum atomic E-state index is 12.0. The van der Waals surface area contributed by atoms with Crippen LogP contribution < -0.4 is 5.73 Å². The molecule has 26 heavy (non-hydrogen) atoms. The first kappa shape index (κ1) is 21.8. The van der Waals surface area contributed by atoms with Crippen LogP contribution in [-0.4, -0.2) is 23.8 Å². The molecule has 1 aromatic heterocycles. The highest BCUT2D eigenvalue weighted by molar-refractivity contribution is 7.88. The number of rotatable bonds is 3. The lowest BCUT2D eigenvalue weighted by molar-refractivity contribution is -0.384. The standard InChI is InChI=1S/C8H6F3NO.C4H2ClNO5S2/c9-8(10,11)6-3-1-5(2-4-6)7(12)13;5-4-2(6(7)8)1-3(12-4)13(9,10)11/h1-4H,(H2,12,13);1H,(H,9,10,11). The van der Waals surface area contributed by atoms with Crippen LogP contribution in [0.3, 0.4) is 0 Å². The van der Waals surface area contributed by atoms with Crippen LogP contribution >= 0.6 is 22.9 Å². The Kier molecular flexibility index (Phi) is 6.70. The predicted molar refractivity (Wildman–Crippen MR) is 85.8 cm³/mol. The molecular formula is C12H8ClF3N2O6S2. The summed E-state index contributed by atoms with van der Waals surface area (Å²) in [6.07, 6.45) is -4.38. The highest BCUT2D eigenvalue weighted by atomic mass is 35.5. The van der Waals surface area contributed by atoms with Crippen LogP contribution in [0.25, 0.3) is 0 Å². The van der Waals surface area contributed by atoms with Gasteiger partial charge in [-0.2, -0.15) is 21.6 Å². The van der Waals surface area contributed by atoms with Gasteiger partial charge in [0.25, 0.3) is 5.69 Å². The number of thiophene rings is 1. The third-order valence-corrected chi connectivity index (χ3v) is 5.23. The lowest BCUT2D eigenvalue weighted by Gasteiger charge is -2.05. The molecule has 0 aliphatic rings. The molecule has 0 spiro atoms. The van der Waals surface area contributed by atoms with Gasteiger partial charge in [-0.3, -0.25) is 19.5 Å². The van der Waals surface area contributed by atoms with Gasteiger partial charge in [-0.15, -0.1) is 11.3 Å². The molecule has 0 radical (unpaired) electrons. The Morgan fingerprint density at radius 1 is 1.27 bits per heavy atom. The fourth-order valence-corrected chi connectivity index (χ4v) is 3.44. The first-order valence-electron chi connectivity index (χ1n) is 6.11. The van der Waals surface area contributed by atoms with Crippen molar-refractivity contribution in [3.63, 3.8) is 0 Å². The molecule has 0 unspecified atom stereocenters. The summed E-state index contributed by atoms with van der Waals surface area (Å²) in [5.74, 6) is -0.742. The zero-order valence-electron chi connectivity index (χ0n) is 12.2. The van der Waals surface area contributed by atoms with Gasteiger partial charge in [-0.1, -0.05) is 11.6 Å². The molecule has 0 bridgehead atoms. The highest BCUT2D eigenvalue weighted by Crippen LogP contribution is 2.35. The minimum atomic E-state index is -4.41. The van der Waals surface area contributed by atoms with Crippen molar-refractivity contribution in [2.24, 2.45) is 5.73 Å². The van der Waals surface area contributed by atoms with Crippen LogP contribution in [0.2, 0.25) is 4.34 Å². The Morgan fingerprint density at radius 3 is 2.04 bits per heavy atom. The summed E-state index contributed by atoms with van der Waals surface area (Å²) in [6.45, 7) is 0. The summed E-state index contributed by atoms with van der Waals surface area (Å²) in [5, 5.41) is 10.2. The van der Waals surface area contributed by atoms with Crippen molar-refractivity contribution >= 4 is 44.7 Å². The minimum Gasteiger partial charge on any atom is -0.366 e. The largest absolute Gasteiger partial charge is 0.416 e. The summed E-state index contributed by atoms with van der Waals surface area (Å²) in [7, 11) is -4.41. The number of benzene rings is 1. The Balaban J connectivity index is 0.000000260. The van der Waals surface area contributed by atoms with Crippen molar-refractivity contribution in [3.8, 4) is 0 Å². The molecule has 0 saturated heterocycles. The summed E-state index contributed by atoms with van der Waals surface area (Å²) < 4.78 is 64.7. The van der Waals surface area contributed by atoms with Crippen molar-refractivity contribution in [3.05, 3.63) is 55.9 Å². The molecule has 142 valence electrons. The molecule has 1 aromatic carbocycles. The number of hydrogen-bond acceptors (Lipinski definition) is 6. The average Bonchev–Trinajstić information content (AvgIpc) is 2.89. The summed E-state index contributed by atoms with van der Waals surface area (Å²) >= 11 is 5.78. The second kappa shape index (κ2) is 7.99. The third-order valence-electron chi connectivity index (χ3n) is 2.59. The molecule has 14 heteroatoms. The molecule has 2 aromatic rings. The lowest BCUT2D eigenvalue weighted by atomic mass is 10.1. The monoisotopic (exact) mass is 432 g/mol. The van der Waals surface area contributed by atoms with Crippen LogP contribution in [0.4, 0.5) is 18.9 Å². The van der Waals surface area contributed by atoms with Crippen molar-refractivity contribution in [1.82, 2.24) is 0 Å². The highest BCUT2D eigenvalue weighted by Gasteiger charge is 2.30. The number of carbonyl (C=O) groups excluding carboxylic acids is 1. The maximum Gasteiger partial charge on any atom is 0.416 e. The van der Waals surface area contributed by atoms with Crippen LogP contribution in [0.1, 0.15) is 15.9 Å². The van der Waals surface area contributed by atoms with E-state index in [9.17, 15) is 36.5 Å². The number of nitro groups is 1. The number of nitrogens with two attached hydrogens (primary N) is 1. The number of hydrogen-bond donors (Lipinski definition) is 2. The second-order valence-corrected chi connectivity index (χ2v) is 7.70.